The summed E-state index contributed by atoms with van der Waals surface area (Å²) in [5.41, 5.74) is 5.69. The van der Waals surface area contributed by atoms with E-state index in [1.807, 2.05) is 0 Å². The zero-order valence-electron chi connectivity index (χ0n) is 16.5. The summed E-state index contributed by atoms with van der Waals surface area (Å²) >= 11 is 1.17. The molecule has 0 unspecified atom stereocenters. The third-order valence-corrected chi connectivity index (χ3v) is 6.38. The highest BCUT2D eigenvalue weighted by molar-refractivity contribution is 7.20. The number of nitrogens with zero attached hydrogens (tertiary/aromatic N) is 2. The third kappa shape index (κ3) is 3.46. The SMILES string of the molecule is Cc1cc(C(=O)NNC(=O)c2sc3nc4n(c(=O)c3c2C)CCCCC4)c(C)o1. The summed E-state index contributed by atoms with van der Waals surface area (Å²) in [6.45, 7) is 5.83. The van der Waals surface area contributed by atoms with Crippen LogP contribution in [0.25, 0.3) is 10.2 Å². The van der Waals surface area contributed by atoms with Gasteiger partial charge in [-0.2, -0.15) is 0 Å². The molecule has 8 nitrogen and oxygen atoms in total. The molecule has 3 aromatic rings. The Bertz CT molecular complexity index is 1190. The third-order valence-electron chi connectivity index (χ3n) is 5.19. The van der Waals surface area contributed by atoms with Crippen molar-refractivity contribution in [1.29, 1.82) is 0 Å². The zero-order chi connectivity index (χ0) is 20.7. The molecule has 1 aliphatic heterocycles. The zero-order valence-corrected chi connectivity index (χ0v) is 17.4. The molecule has 4 rings (SSSR count). The van der Waals surface area contributed by atoms with E-state index in [-0.39, 0.29) is 5.56 Å². The number of rotatable bonds is 2. The maximum absolute atomic E-state index is 13.0. The van der Waals surface area contributed by atoms with Gasteiger partial charge >= 0.3 is 0 Å². The van der Waals surface area contributed by atoms with E-state index < -0.39 is 11.8 Å². The lowest BCUT2D eigenvalue weighted by molar-refractivity contribution is 0.0847. The lowest BCUT2D eigenvalue weighted by Crippen LogP contribution is -2.41. The Morgan fingerprint density at radius 1 is 1.14 bits per heavy atom. The first kappa shape index (κ1) is 19.4. The molecule has 2 amide bonds. The van der Waals surface area contributed by atoms with Crippen molar-refractivity contribution >= 4 is 33.4 Å². The Morgan fingerprint density at radius 2 is 1.90 bits per heavy atom. The van der Waals surface area contributed by atoms with Crippen LogP contribution in [0, 0.1) is 20.8 Å². The molecule has 29 heavy (non-hydrogen) atoms. The van der Waals surface area contributed by atoms with E-state index in [2.05, 4.69) is 15.8 Å². The van der Waals surface area contributed by atoms with Gasteiger partial charge in [0.1, 0.15) is 22.2 Å². The summed E-state index contributed by atoms with van der Waals surface area (Å²) in [4.78, 5) is 43.5. The van der Waals surface area contributed by atoms with Crippen LogP contribution in [-0.4, -0.2) is 21.4 Å². The van der Waals surface area contributed by atoms with Crippen molar-refractivity contribution in [2.24, 2.45) is 0 Å². The molecule has 0 atom stereocenters. The Labute approximate surface area is 170 Å². The molecular formula is C20H22N4O4S. The molecule has 1 aliphatic rings. The minimum Gasteiger partial charge on any atom is -0.466 e. The quantitative estimate of drug-likeness (QED) is 0.627. The number of carbonyl (C=O) groups excluding carboxylic acids is 2. The van der Waals surface area contributed by atoms with E-state index in [1.165, 1.54) is 11.3 Å². The molecule has 3 aromatic heterocycles. The van der Waals surface area contributed by atoms with Gasteiger partial charge in [-0.3, -0.25) is 29.8 Å². The molecule has 0 aromatic carbocycles. The van der Waals surface area contributed by atoms with E-state index in [0.717, 1.165) is 31.5 Å². The number of nitrogens with one attached hydrogen (secondary N) is 2. The van der Waals surface area contributed by atoms with Gasteiger partial charge in [-0.1, -0.05) is 6.42 Å². The second-order valence-electron chi connectivity index (χ2n) is 7.27. The number of hydrazine groups is 1. The van der Waals surface area contributed by atoms with Crippen LogP contribution in [0.1, 0.15) is 62.2 Å². The van der Waals surface area contributed by atoms with E-state index in [9.17, 15) is 14.4 Å². The highest BCUT2D eigenvalue weighted by Gasteiger charge is 2.23. The van der Waals surface area contributed by atoms with Crippen molar-refractivity contribution in [1.82, 2.24) is 20.4 Å². The average Bonchev–Trinajstić information content (AvgIpc) is 3.08. The van der Waals surface area contributed by atoms with Gasteiger partial charge in [-0.25, -0.2) is 4.98 Å². The van der Waals surface area contributed by atoms with E-state index >= 15 is 0 Å². The lowest BCUT2D eigenvalue weighted by Gasteiger charge is -2.08. The highest BCUT2D eigenvalue weighted by Crippen LogP contribution is 2.28. The molecule has 0 bridgehead atoms. The smallest absolute Gasteiger partial charge is 0.280 e. The first-order valence-corrected chi connectivity index (χ1v) is 10.4. The van der Waals surface area contributed by atoms with Crippen molar-refractivity contribution in [3.63, 3.8) is 0 Å². The first-order chi connectivity index (χ1) is 13.9. The van der Waals surface area contributed by atoms with Crippen molar-refractivity contribution in [3.05, 3.63) is 49.8 Å². The van der Waals surface area contributed by atoms with Gasteiger partial charge in [-0.15, -0.1) is 11.3 Å². The molecule has 0 aliphatic carbocycles. The number of thiophene rings is 1. The van der Waals surface area contributed by atoms with Crippen molar-refractivity contribution < 1.29 is 14.0 Å². The molecule has 0 fully saturated rings. The largest absolute Gasteiger partial charge is 0.466 e. The number of fused-ring (bicyclic) bond motifs is 2. The second-order valence-corrected chi connectivity index (χ2v) is 8.27. The van der Waals surface area contributed by atoms with Crippen LogP contribution >= 0.6 is 11.3 Å². The molecule has 0 radical (unpaired) electrons. The molecule has 9 heteroatoms. The van der Waals surface area contributed by atoms with E-state index in [4.69, 9.17) is 4.42 Å². The first-order valence-electron chi connectivity index (χ1n) is 9.57. The number of hydrogen-bond donors (Lipinski definition) is 2. The molecule has 0 saturated heterocycles. The Balaban J connectivity index is 1.60. The van der Waals surface area contributed by atoms with E-state index in [0.29, 0.717) is 44.3 Å². The Hall–Kier alpha value is -2.94. The van der Waals surface area contributed by atoms with Crippen LogP contribution in [-0.2, 0) is 13.0 Å². The van der Waals surface area contributed by atoms with Gasteiger partial charge in [0.15, 0.2) is 0 Å². The summed E-state index contributed by atoms with van der Waals surface area (Å²) in [5.74, 6) is 0.941. The monoisotopic (exact) mass is 414 g/mol. The van der Waals surface area contributed by atoms with Crippen LogP contribution in [0.5, 0.6) is 0 Å². The molecule has 0 spiro atoms. The normalized spacial score (nSPS) is 13.8. The van der Waals surface area contributed by atoms with Crippen LogP contribution in [0.4, 0.5) is 0 Å². The summed E-state index contributed by atoms with van der Waals surface area (Å²) in [6, 6.07) is 1.61. The fraction of sp³-hybridized carbons (Fsp3) is 0.400. The van der Waals surface area contributed by atoms with Crippen LogP contribution in [0.2, 0.25) is 0 Å². The van der Waals surface area contributed by atoms with Crippen LogP contribution < -0.4 is 16.4 Å². The van der Waals surface area contributed by atoms with Crippen molar-refractivity contribution in [2.75, 3.05) is 0 Å². The highest BCUT2D eigenvalue weighted by atomic mass is 32.1. The predicted molar refractivity (Wildman–Crippen MR) is 109 cm³/mol. The molecular weight excluding hydrogens is 392 g/mol. The maximum Gasteiger partial charge on any atom is 0.280 e. The van der Waals surface area contributed by atoms with Gasteiger partial charge in [-0.05, 0) is 45.2 Å². The summed E-state index contributed by atoms with van der Waals surface area (Å²) in [6.07, 6.45) is 3.81. The number of aromatic nitrogens is 2. The van der Waals surface area contributed by atoms with Gasteiger partial charge in [0, 0.05) is 13.0 Å². The topological polar surface area (TPSA) is 106 Å². The fourth-order valence-electron chi connectivity index (χ4n) is 3.72. The summed E-state index contributed by atoms with van der Waals surface area (Å²) in [5, 5.41) is 0.485. The number of amides is 2. The molecule has 152 valence electrons. The Kier molecular flexibility index (Phi) is 4.99. The van der Waals surface area contributed by atoms with Crippen molar-refractivity contribution in [3.8, 4) is 0 Å². The van der Waals surface area contributed by atoms with Gasteiger partial charge < -0.3 is 4.42 Å². The number of aryl methyl sites for hydroxylation is 4. The average molecular weight is 414 g/mol. The van der Waals surface area contributed by atoms with Crippen LogP contribution in [0.3, 0.4) is 0 Å². The van der Waals surface area contributed by atoms with Gasteiger partial charge in [0.2, 0.25) is 0 Å². The van der Waals surface area contributed by atoms with Gasteiger partial charge in [0.05, 0.1) is 15.8 Å². The molecule has 4 heterocycles. The number of carbonyl (C=O) groups is 2. The minimum absolute atomic E-state index is 0.0896. The Morgan fingerprint density at radius 3 is 2.62 bits per heavy atom. The predicted octanol–water partition coefficient (Wildman–Crippen LogP) is 2.78. The molecule has 2 N–H and O–H groups in total. The summed E-state index contributed by atoms with van der Waals surface area (Å²) in [7, 11) is 0. The van der Waals surface area contributed by atoms with Crippen LogP contribution in [0.15, 0.2) is 15.3 Å². The number of furan rings is 1. The summed E-state index contributed by atoms with van der Waals surface area (Å²) < 4.78 is 7.08. The van der Waals surface area contributed by atoms with E-state index in [1.54, 1.807) is 31.4 Å². The fourth-order valence-corrected chi connectivity index (χ4v) is 4.81. The van der Waals surface area contributed by atoms with Crippen molar-refractivity contribution in [2.45, 2.75) is 53.0 Å². The van der Waals surface area contributed by atoms with Gasteiger partial charge in [0.25, 0.3) is 17.4 Å². The second kappa shape index (κ2) is 7.47. The molecule has 0 saturated carbocycles. The number of hydrogen-bond acceptors (Lipinski definition) is 6. The minimum atomic E-state index is -0.476. The maximum atomic E-state index is 13.0. The lowest BCUT2D eigenvalue weighted by atomic mass is 10.2. The standard InChI is InChI=1S/C20H22N4O4S/c1-10-9-13(12(3)28-10)17(25)22-23-18(26)16-11(2)15-19(29-16)21-14-7-5-4-6-8-24(14)20(15)27/h9H,4-8H2,1-3H3,(H,22,25)(H,23,26).